The van der Waals surface area contributed by atoms with Crippen LogP contribution in [0.15, 0.2) is 34.1 Å². The predicted molar refractivity (Wildman–Crippen MR) is 92.9 cm³/mol. The van der Waals surface area contributed by atoms with Crippen molar-refractivity contribution in [2.75, 3.05) is 12.3 Å². The normalized spacial score (nSPS) is 15.8. The van der Waals surface area contributed by atoms with Gasteiger partial charge in [0.05, 0.1) is 33.8 Å². The summed E-state index contributed by atoms with van der Waals surface area (Å²) < 4.78 is 0. The lowest BCUT2D eigenvalue weighted by Crippen LogP contribution is -2.27. The third kappa shape index (κ3) is 3.72. The Morgan fingerprint density at radius 2 is 2.24 bits per heavy atom. The molecule has 1 aliphatic rings. The van der Waals surface area contributed by atoms with Crippen molar-refractivity contribution in [3.8, 4) is 0 Å². The van der Waals surface area contributed by atoms with Crippen LogP contribution in [-0.4, -0.2) is 22.4 Å². The van der Waals surface area contributed by atoms with Gasteiger partial charge in [-0.25, -0.2) is 4.98 Å². The molecular weight excluding hydrogens is 345 g/mol. The van der Waals surface area contributed by atoms with Crippen molar-refractivity contribution >= 4 is 51.5 Å². The molecule has 21 heavy (non-hydrogen) atoms. The Labute approximate surface area is 141 Å². The fourth-order valence-electron chi connectivity index (χ4n) is 2.15. The highest BCUT2D eigenvalue weighted by atomic mass is 35.5. The molecule has 1 aromatic heterocycles. The first-order valence-corrected chi connectivity index (χ1v) is 9.17. The zero-order valence-electron chi connectivity index (χ0n) is 11.1. The molecule has 0 aliphatic carbocycles. The summed E-state index contributed by atoms with van der Waals surface area (Å²) in [6.45, 7) is 0.861. The van der Waals surface area contributed by atoms with E-state index < -0.39 is 0 Å². The molecule has 0 saturated heterocycles. The first-order valence-electron chi connectivity index (χ1n) is 6.49. The van der Waals surface area contributed by atoms with E-state index in [0.717, 1.165) is 35.1 Å². The minimum absolute atomic E-state index is 0.0163. The lowest BCUT2D eigenvalue weighted by atomic mass is 10.0. The number of hydrogen-bond donors (Lipinski definition) is 1. The Bertz CT molecular complexity index is 644. The van der Waals surface area contributed by atoms with Crippen LogP contribution in [0.1, 0.15) is 17.3 Å². The summed E-state index contributed by atoms with van der Waals surface area (Å²) in [6.07, 6.45) is 0.753. The Hall–Kier alpha value is -0.750. The maximum absolute atomic E-state index is 6.38. The van der Waals surface area contributed by atoms with E-state index in [1.165, 1.54) is 0 Å². The monoisotopic (exact) mass is 357 g/mol. The molecule has 3 nitrogen and oxygen atoms in total. The van der Waals surface area contributed by atoms with E-state index in [-0.39, 0.29) is 6.04 Å². The summed E-state index contributed by atoms with van der Waals surface area (Å²) >= 11 is 15.9. The van der Waals surface area contributed by atoms with Gasteiger partial charge in [0.25, 0.3) is 0 Å². The number of thiazole rings is 1. The topological polar surface area (TPSA) is 37.3 Å². The van der Waals surface area contributed by atoms with Gasteiger partial charge in [-0.3, -0.25) is 4.99 Å². The number of halogens is 2. The van der Waals surface area contributed by atoms with Gasteiger partial charge in [0.15, 0.2) is 5.17 Å². The molecule has 1 N–H and O–H groups in total. The Morgan fingerprint density at radius 3 is 2.95 bits per heavy atom. The predicted octanol–water partition coefficient (Wildman–Crippen LogP) is 4.43. The van der Waals surface area contributed by atoms with Gasteiger partial charge in [0.1, 0.15) is 0 Å². The number of hydrogen-bond acceptors (Lipinski definition) is 5. The molecule has 3 rings (SSSR count). The molecule has 0 bridgehead atoms. The number of aromatic nitrogens is 1. The van der Waals surface area contributed by atoms with E-state index in [9.17, 15) is 0 Å². The lowest BCUT2D eigenvalue weighted by molar-refractivity contribution is 0.640. The van der Waals surface area contributed by atoms with E-state index in [4.69, 9.17) is 23.2 Å². The molecule has 1 unspecified atom stereocenters. The molecule has 0 fully saturated rings. The molecule has 7 heteroatoms. The number of benzene rings is 1. The maximum atomic E-state index is 6.38. The van der Waals surface area contributed by atoms with Crippen LogP contribution in [-0.2, 0) is 6.42 Å². The number of nitrogens with one attached hydrogen (secondary N) is 1. The Kier molecular flexibility index (Phi) is 5.06. The zero-order chi connectivity index (χ0) is 14.7. The molecule has 0 saturated carbocycles. The minimum atomic E-state index is 0.0163. The van der Waals surface area contributed by atoms with Gasteiger partial charge in [-0.1, -0.05) is 47.1 Å². The fourth-order valence-corrected chi connectivity index (χ4v) is 3.94. The van der Waals surface area contributed by atoms with Crippen LogP contribution in [0.5, 0.6) is 0 Å². The van der Waals surface area contributed by atoms with Crippen LogP contribution >= 0.6 is 46.3 Å². The fraction of sp³-hybridized carbons (Fsp3) is 0.286. The van der Waals surface area contributed by atoms with E-state index in [0.29, 0.717) is 10.0 Å². The number of thioether (sulfide) groups is 1. The van der Waals surface area contributed by atoms with Crippen molar-refractivity contribution < 1.29 is 0 Å². The maximum Gasteiger partial charge on any atom is 0.157 e. The first-order chi connectivity index (χ1) is 10.2. The van der Waals surface area contributed by atoms with Crippen molar-refractivity contribution in [3.63, 3.8) is 0 Å². The molecule has 2 heterocycles. The van der Waals surface area contributed by atoms with E-state index in [1.54, 1.807) is 29.2 Å². The summed E-state index contributed by atoms with van der Waals surface area (Å²) in [6, 6.07) is 5.74. The second-order valence-electron chi connectivity index (χ2n) is 4.56. The van der Waals surface area contributed by atoms with E-state index >= 15 is 0 Å². The Balaban J connectivity index is 1.88. The minimum Gasteiger partial charge on any atom is -0.358 e. The summed E-state index contributed by atoms with van der Waals surface area (Å²) in [5, 5.41) is 7.65. The van der Waals surface area contributed by atoms with E-state index in [2.05, 4.69) is 20.7 Å². The summed E-state index contributed by atoms with van der Waals surface area (Å²) in [4.78, 5) is 8.82. The van der Waals surface area contributed by atoms with Gasteiger partial charge in [-0.05, 0) is 11.6 Å². The second kappa shape index (κ2) is 7.01. The summed E-state index contributed by atoms with van der Waals surface area (Å²) in [7, 11) is 0. The standard InChI is InChI=1S/C14H13Cl2N3S2/c15-11-3-1-2-10(13(11)16)12(6-9-7-20-8-18-9)19-14-17-4-5-21-14/h1-3,7-8,12H,4-6H2,(H,17,19). The molecule has 1 atom stereocenters. The van der Waals surface area contributed by atoms with Crippen LogP contribution in [0, 0.1) is 0 Å². The van der Waals surface area contributed by atoms with Gasteiger partial charge >= 0.3 is 0 Å². The van der Waals surface area contributed by atoms with Crippen LogP contribution in [0.3, 0.4) is 0 Å². The number of aliphatic imine (C=N–C) groups is 1. The average molecular weight is 358 g/mol. The smallest absolute Gasteiger partial charge is 0.157 e. The van der Waals surface area contributed by atoms with Gasteiger partial charge in [-0.15, -0.1) is 11.3 Å². The second-order valence-corrected chi connectivity index (χ2v) is 7.15. The molecule has 0 spiro atoms. The van der Waals surface area contributed by atoms with Crippen LogP contribution < -0.4 is 5.32 Å². The highest BCUT2D eigenvalue weighted by Gasteiger charge is 2.20. The van der Waals surface area contributed by atoms with Crippen molar-refractivity contribution in [2.24, 2.45) is 4.99 Å². The number of amidine groups is 1. The third-order valence-electron chi connectivity index (χ3n) is 3.14. The molecule has 0 amide bonds. The number of nitrogens with zero attached hydrogens (tertiary/aromatic N) is 2. The van der Waals surface area contributed by atoms with Gasteiger partial charge in [-0.2, -0.15) is 0 Å². The average Bonchev–Trinajstić information content (AvgIpc) is 3.15. The third-order valence-corrected chi connectivity index (χ3v) is 5.51. The van der Waals surface area contributed by atoms with Crippen molar-refractivity contribution in [1.29, 1.82) is 0 Å². The van der Waals surface area contributed by atoms with Crippen LogP contribution in [0.4, 0.5) is 0 Å². The summed E-state index contributed by atoms with van der Waals surface area (Å²) in [5.74, 6) is 1.02. The Morgan fingerprint density at radius 1 is 1.33 bits per heavy atom. The van der Waals surface area contributed by atoms with Gasteiger partial charge in [0, 0.05) is 17.6 Å². The van der Waals surface area contributed by atoms with Crippen molar-refractivity contribution in [2.45, 2.75) is 12.5 Å². The van der Waals surface area contributed by atoms with Crippen molar-refractivity contribution in [3.05, 3.63) is 50.4 Å². The zero-order valence-corrected chi connectivity index (χ0v) is 14.2. The highest BCUT2D eigenvalue weighted by Crippen LogP contribution is 2.32. The molecule has 0 radical (unpaired) electrons. The molecule has 110 valence electrons. The first kappa shape index (κ1) is 15.2. The van der Waals surface area contributed by atoms with Gasteiger partial charge in [0.2, 0.25) is 0 Å². The molecule has 2 aromatic rings. The highest BCUT2D eigenvalue weighted by molar-refractivity contribution is 8.14. The molecular formula is C14H13Cl2N3S2. The van der Waals surface area contributed by atoms with Gasteiger partial charge < -0.3 is 5.32 Å². The summed E-state index contributed by atoms with van der Waals surface area (Å²) in [5.41, 5.74) is 3.86. The molecule has 1 aliphatic heterocycles. The van der Waals surface area contributed by atoms with Crippen LogP contribution in [0.2, 0.25) is 10.0 Å². The van der Waals surface area contributed by atoms with Crippen LogP contribution in [0.25, 0.3) is 0 Å². The van der Waals surface area contributed by atoms with E-state index in [1.807, 2.05) is 17.6 Å². The molecule has 1 aromatic carbocycles. The lowest BCUT2D eigenvalue weighted by Gasteiger charge is -2.20. The number of rotatable bonds is 4. The largest absolute Gasteiger partial charge is 0.358 e. The quantitative estimate of drug-likeness (QED) is 0.879. The SMILES string of the molecule is Clc1cccc(C(Cc2cscn2)NC2=NCCS2)c1Cl. The van der Waals surface area contributed by atoms with Crippen molar-refractivity contribution in [1.82, 2.24) is 10.3 Å².